The maximum atomic E-state index is 13.0. The van der Waals surface area contributed by atoms with Crippen molar-refractivity contribution in [1.82, 2.24) is 0 Å². The van der Waals surface area contributed by atoms with Gasteiger partial charge < -0.3 is 10.5 Å². The first-order valence-electron chi connectivity index (χ1n) is 7.67. The Hall–Kier alpha value is -1.92. The molecule has 1 heterocycles. The van der Waals surface area contributed by atoms with Crippen molar-refractivity contribution in [3.8, 4) is 5.75 Å². The number of halogens is 1. The Balaban J connectivity index is 0.00000208. The lowest BCUT2D eigenvalue weighted by Crippen LogP contribution is -2.35. The van der Waals surface area contributed by atoms with E-state index in [-0.39, 0.29) is 17.3 Å². The molecule has 2 aromatic carbocycles. The molecule has 0 unspecified atom stereocenters. The Morgan fingerprint density at radius 3 is 2.54 bits per heavy atom. The lowest BCUT2D eigenvalue weighted by Gasteiger charge is -2.31. The van der Waals surface area contributed by atoms with Crippen molar-refractivity contribution in [3.63, 3.8) is 0 Å². The molecule has 0 atom stereocenters. The van der Waals surface area contributed by atoms with Crippen molar-refractivity contribution >= 4 is 33.8 Å². The van der Waals surface area contributed by atoms with Crippen LogP contribution in [0.2, 0.25) is 0 Å². The lowest BCUT2D eigenvalue weighted by atomic mass is 10.0. The van der Waals surface area contributed by atoms with E-state index < -0.39 is 10.0 Å². The van der Waals surface area contributed by atoms with Gasteiger partial charge in [0.1, 0.15) is 5.75 Å². The summed E-state index contributed by atoms with van der Waals surface area (Å²) in [6.07, 6.45) is 1.56. The summed E-state index contributed by atoms with van der Waals surface area (Å²) in [4.78, 5) is 0.260. The summed E-state index contributed by atoms with van der Waals surface area (Å²) in [6, 6.07) is 12.0. The molecule has 2 aromatic rings. The number of nitrogen functional groups attached to an aromatic ring is 1. The average molecular weight is 369 g/mol. The van der Waals surface area contributed by atoms with Crippen molar-refractivity contribution in [1.29, 1.82) is 0 Å². The highest BCUT2D eigenvalue weighted by molar-refractivity contribution is 7.92. The van der Waals surface area contributed by atoms with Crippen LogP contribution in [0.25, 0.3) is 0 Å². The van der Waals surface area contributed by atoms with E-state index in [9.17, 15) is 8.42 Å². The molecule has 0 fully saturated rings. The molecule has 0 bridgehead atoms. The highest BCUT2D eigenvalue weighted by atomic mass is 35.5. The maximum Gasteiger partial charge on any atom is 0.264 e. The summed E-state index contributed by atoms with van der Waals surface area (Å²) in [6.45, 7) is 2.90. The number of benzene rings is 2. The zero-order valence-electron chi connectivity index (χ0n) is 13.4. The minimum absolute atomic E-state index is 0. The van der Waals surface area contributed by atoms with Crippen LogP contribution in [0.3, 0.4) is 0 Å². The van der Waals surface area contributed by atoms with Crippen LogP contribution in [0.4, 0.5) is 11.4 Å². The number of anilines is 2. The predicted octanol–water partition coefficient (Wildman–Crippen LogP) is 3.23. The molecule has 3 rings (SSSR count). The number of fused-ring (bicyclic) bond motifs is 1. The molecular formula is C17H21ClN2O3S. The van der Waals surface area contributed by atoms with E-state index in [2.05, 4.69) is 0 Å². The van der Waals surface area contributed by atoms with E-state index in [1.54, 1.807) is 30.3 Å². The SMILES string of the molecule is CCOc1ccc(S(=O)(=O)N2CCCc3c(N)cccc32)cc1.Cl. The molecule has 130 valence electrons. The van der Waals surface area contributed by atoms with Gasteiger partial charge in [-0.25, -0.2) is 8.42 Å². The van der Waals surface area contributed by atoms with Crippen LogP contribution in [0.1, 0.15) is 18.9 Å². The van der Waals surface area contributed by atoms with Gasteiger partial charge in [0.05, 0.1) is 17.2 Å². The second kappa shape index (κ2) is 7.32. The van der Waals surface area contributed by atoms with Gasteiger partial charge in [0.2, 0.25) is 0 Å². The first-order valence-corrected chi connectivity index (χ1v) is 9.11. The Labute approximate surface area is 148 Å². The molecule has 0 aliphatic carbocycles. The zero-order chi connectivity index (χ0) is 16.4. The van der Waals surface area contributed by atoms with E-state index in [1.807, 2.05) is 19.1 Å². The van der Waals surface area contributed by atoms with Gasteiger partial charge in [-0.05, 0) is 61.7 Å². The molecule has 24 heavy (non-hydrogen) atoms. The summed E-state index contributed by atoms with van der Waals surface area (Å²) >= 11 is 0. The molecule has 5 nitrogen and oxygen atoms in total. The number of rotatable bonds is 4. The molecule has 0 spiro atoms. The number of hydrogen-bond acceptors (Lipinski definition) is 4. The molecule has 1 aliphatic heterocycles. The minimum atomic E-state index is -3.60. The lowest BCUT2D eigenvalue weighted by molar-refractivity contribution is 0.340. The molecular weight excluding hydrogens is 348 g/mol. The third-order valence-electron chi connectivity index (χ3n) is 3.97. The number of nitrogens with two attached hydrogens (primary N) is 1. The summed E-state index contributed by atoms with van der Waals surface area (Å²) in [7, 11) is -3.60. The van der Waals surface area contributed by atoms with Crippen LogP contribution >= 0.6 is 12.4 Å². The van der Waals surface area contributed by atoms with Crippen molar-refractivity contribution in [3.05, 3.63) is 48.0 Å². The second-order valence-electron chi connectivity index (χ2n) is 5.43. The minimum Gasteiger partial charge on any atom is -0.494 e. The summed E-state index contributed by atoms with van der Waals surface area (Å²) in [5, 5.41) is 0. The van der Waals surface area contributed by atoms with Gasteiger partial charge >= 0.3 is 0 Å². The third-order valence-corrected chi connectivity index (χ3v) is 5.79. The van der Waals surface area contributed by atoms with Gasteiger partial charge in [-0.3, -0.25) is 4.31 Å². The molecule has 0 saturated carbocycles. The van der Waals surface area contributed by atoms with Gasteiger partial charge in [0, 0.05) is 12.2 Å². The standard InChI is InChI=1S/C17H20N2O3S.ClH/c1-2-22-13-8-10-14(11-9-13)23(20,21)19-12-4-5-15-16(18)6-3-7-17(15)19;/h3,6-11H,2,4-5,12,18H2,1H3;1H. The molecule has 0 radical (unpaired) electrons. The predicted molar refractivity (Wildman–Crippen MR) is 98.6 cm³/mol. The highest BCUT2D eigenvalue weighted by Crippen LogP contribution is 2.35. The summed E-state index contributed by atoms with van der Waals surface area (Å²) in [5.74, 6) is 0.662. The maximum absolute atomic E-state index is 13.0. The number of sulfonamides is 1. The van der Waals surface area contributed by atoms with E-state index in [0.29, 0.717) is 30.3 Å². The first-order chi connectivity index (χ1) is 11.0. The van der Waals surface area contributed by atoms with Crippen LogP contribution in [-0.4, -0.2) is 21.6 Å². The van der Waals surface area contributed by atoms with Crippen LogP contribution in [-0.2, 0) is 16.4 Å². The Kier molecular flexibility index (Phi) is 5.62. The zero-order valence-corrected chi connectivity index (χ0v) is 15.1. The highest BCUT2D eigenvalue weighted by Gasteiger charge is 2.29. The number of ether oxygens (including phenoxy) is 1. The van der Waals surface area contributed by atoms with E-state index in [0.717, 1.165) is 18.4 Å². The van der Waals surface area contributed by atoms with Crippen molar-refractivity contribution in [2.75, 3.05) is 23.2 Å². The largest absolute Gasteiger partial charge is 0.494 e. The van der Waals surface area contributed by atoms with Gasteiger partial charge in [-0.15, -0.1) is 12.4 Å². The van der Waals surface area contributed by atoms with Gasteiger partial charge in [0.25, 0.3) is 10.0 Å². The summed E-state index contributed by atoms with van der Waals surface area (Å²) < 4.78 is 32.8. The fraction of sp³-hybridized carbons (Fsp3) is 0.294. The first kappa shape index (κ1) is 18.4. The monoisotopic (exact) mass is 368 g/mol. The average Bonchev–Trinajstić information content (AvgIpc) is 2.55. The molecule has 0 amide bonds. The third kappa shape index (κ3) is 3.30. The number of nitrogens with zero attached hydrogens (tertiary/aromatic N) is 1. The fourth-order valence-corrected chi connectivity index (χ4v) is 4.40. The van der Waals surface area contributed by atoms with Crippen molar-refractivity contribution in [2.24, 2.45) is 0 Å². The second-order valence-corrected chi connectivity index (χ2v) is 7.29. The Bertz CT molecular complexity index is 807. The van der Waals surface area contributed by atoms with E-state index >= 15 is 0 Å². The van der Waals surface area contributed by atoms with Crippen LogP contribution in [0.15, 0.2) is 47.4 Å². The summed E-state index contributed by atoms with van der Waals surface area (Å²) in [5.41, 5.74) is 8.24. The topological polar surface area (TPSA) is 72.6 Å². The molecule has 1 aliphatic rings. The Morgan fingerprint density at radius 2 is 1.88 bits per heavy atom. The fourth-order valence-electron chi connectivity index (χ4n) is 2.87. The molecule has 0 saturated heterocycles. The Morgan fingerprint density at radius 1 is 1.17 bits per heavy atom. The van der Waals surface area contributed by atoms with Gasteiger partial charge in [0.15, 0.2) is 0 Å². The normalized spacial score (nSPS) is 13.8. The molecule has 7 heteroatoms. The number of hydrogen-bond donors (Lipinski definition) is 1. The smallest absolute Gasteiger partial charge is 0.264 e. The van der Waals surface area contributed by atoms with Crippen LogP contribution in [0.5, 0.6) is 5.75 Å². The van der Waals surface area contributed by atoms with Gasteiger partial charge in [-0.2, -0.15) is 0 Å². The van der Waals surface area contributed by atoms with E-state index in [4.69, 9.17) is 10.5 Å². The van der Waals surface area contributed by atoms with Crippen LogP contribution < -0.4 is 14.8 Å². The van der Waals surface area contributed by atoms with Crippen LogP contribution in [0, 0.1) is 0 Å². The van der Waals surface area contributed by atoms with Gasteiger partial charge in [-0.1, -0.05) is 6.07 Å². The van der Waals surface area contributed by atoms with E-state index in [1.165, 1.54) is 4.31 Å². The molecule has 0 aromatic heterocycles. The molecule has 2 N–H and O–H groups in total. The van der Waals surface area contributed by atoms with Crippen molar-refractivity contribution in [2.45, 2.75) is 24.7 Å². The quantitative estimate of drug-likeness (QED) is 0.841. The van der Waals surface area contributed by atoms with Crippen molar-refractivity contribution < 1.29 is 13.2 Å².